The zero-order valence-electron chi connectivity index (χ0n) is 34.8. The minimum Gasteiger partial charge on any atom is -0.372 e. The summed E-state index contributed by atoms with van der Waals surface area (Å²) in [5.41, 5.74) is 4.22. The van der Waals surface area contributed by atoms with E-state index >= 15 is 4.39 Å². The number of hydrogen-bond donors (Lipinski definition) is 3. The van der Waals surface area contributed by atoms with Crippen LogP contribution in [0.3, 0.4) is 0 Å². The number of carbonyl (C=O) groups excluding carboxylic acids is 6. The fourth-order valence-corrected chi connectivity index (χ4v) is 10.4. The number of piperidine rings is 4. The van der Waals surface area contributed by atoms with Crippen LogP contribution in [0.1, 0.15) is 92.5 Å². The van der Waals surface area contributed by atoms with Crippen LogP contribution in [0.25, 0.3) is 0 Å². The minimum atomic E-state index is -1.10. The second-order valence-corrected chi connectivity index (χ2v) is 17.5. The van der Waals surface area contributed by atoms with Gasteiger partial charge in [-0.1, -0.05) is 30.3 Å². The third-order valence-corrected chi connectivity index (χ3v) is 13.8. The molecule has 3 N–H and O–H groups in total. The summed E-state index contributed by atoms with van der Waals surface area (Å²) < 4.78 is 21.3. The predicted molar refractivity (Wildman–Crippen MR) is 227 cm³/mol. The smallest absolute Gasteiger partial charge is 0.262 e. The summed E-state index contributed by atoms with van der Waals surface area (Å²) in [5, 5.41) is 12.4. The van der Waals surface area contributed by atoms with Gasteiger partial charge in [0.15, 0.2) is 11.9 Å². The van der Waals surface area contributed by atoms with Crippen molar-refractivity contribution in [3.8, 4) is 0 Å². The molecule has 8 heterocycles. The molecule has 7 aliphatic heterocycles. The lowest BCUT2D eigenvalue weighted by Crippen LogP contribution is -2.63. The first kappa shape index (κ1) is 40.6. The van der Waals surface area contributed by atoms with Crippen molar-refractivity contribution in [1.29, 1.82) is 0 Å². The molecule has 4 unspecified atom stereocenters. The van der Waals surface area contributed by atoms with Gasteiger partial charge in [-0.05, 0) is 80.0 Å². The van der Waals surface area contributed by atoms with E-state index in [-0.39, 0.29) is 47.9 Å². The molecule has 0 saturated carbocycles. The van der Waals surface area contributed by atoms with E-state index in [4.69, 9.17) is 4.74 Å². The number of aromatic nitrogens is 2. The zero-order valence-corrected chi connectivity index (χ0v) is 34.8. The molecule has 2 bridgehead atoms. The number of carbonyl (C=O) groups is 6. The molecule has 1 aromatic heterocycles. The number of amides is 6. The van der Waals surface area contributed by atoms with Crippen molar-refractivity contribution in [2.24, 2.45) is 5.92 Å². The SMILES string of the molecule is COC(C(=O)N1Cc2[nH]nc(NC(=O)c3ccc(N4CCC(CN5CC6CCC5CN6c5cc6c(cc5F)C(=O)N(C5CCC(=O)NC5=O)C6=O)CC4)cc3)c2C1)c1ccccc1. The average molecular weight is 858 g/mol. The lowest BCUT2D eigenvalue weighted by Gasteiger charge is -2.53. The maximum atomic E-state index is 15.8. The van der Waals surface area contributed by atoms with E-state index in [2.05, 4.69) is 30.6 Å². The van der Waals surface area contributed by atoms with Gasteiger partial charge in [0.25, 0.3) is 23.6 Å². The predicted octanol–water partition coefficient (Wildman–Crippen LogP) is 4.00. The third-order valence-electron chi connectivity index (χ3n) is 13.8. The normalized spacial score (nSPS) is 23.0. The minimum absolute atomic E-state index is 0.0154. The van der Waals surface area contributed by atoms with Crippen molar-refractivity contribution in [3.63, 3.8) is 0 Å². The number of fused-ring (bicyclic) bond motifs is 5. The summed E-state index contributed by atoms with van der Waals surface area (Å²) in [4.78, 5) is 87.2. The number of nitrogens with zero attached hydrogens (tertiary/aromatic N) is 6. The third kappa shape index (κ3) is 7.41. The van der Waals surface area contributed by atoms with Crippen molar-refractivity contribution >= 4 is 52.6 Å². The van der Waals surface area contributed by atoms with Gasteiger partial charge in [-0.2, -0.15) is 5.10 Å². The van der Waals surface area contributed by atoms with E-state index in [9.17, 15) is 28.8 Å². The van der Waals surface area contributed by atoms with Crippen molar-refractivity contribution < 1.29 is 37.9 Å². The number of halogens is 1. The lowest BCUT2D eigenvalue weighted by molar-refractivity contribution is -0.143. The Morgan fingerprint density at radius 1 is 0.889 bits per heavy atom. The number of benzene rings is 3. The summed E-state index contributed by atoms with van der Waals surface area (Å²) in [6.45, 7) is 4.76. The van der Waals surface area contributed by atoms with Crippen molar-refractivity contribution in [1.82, 2.24) is 30.2 Å². The molecule has 4 atom stereocenters. The molecular weight excluding hydrogens is 810 g/mol. The molecule has 63 heavy (non-hydrogen) atoms. The van der Waals surface area contributed by atoms with Gasteiger partial charge in [-0.25, -0.2) is 4.39 Å². The van der Waals surface area contributed by atoms with Gasteiger partial charge in [0, 0.05) is 75.2 Å². The molecule has 3 aromatic carbocycles. The number of imide groups is 2. The molecule has 6 amide bonds. The van der Waals surface area contributed by atoms with Gasteiger partial charge in [0.2, 0.25) is 11.8 Å². The summed E-state index contributed by atoms with van der Waals surface area (Å²) in [5.74, 6) is -2.61. The van der Waals surface area contributed by atoms with E-state index in [1.54, 1.807) is 4.90 Å². The second-order valence-electron chi connectivity index (χ2n) is 17.5. The Bertz CT molecular complexity index is 2510. The Labute approximate surface area is 362 Å². The summed E-state index contributed by atoms with van der Waals surface area (Å²) in [6, 6.07) is 18.7. The summed E-state index contributed by atoms with van der Waals surface area (Å²) in [7, 11) is 1.52. The molecule has 0 spiro atoms. The van der Waals surface area contributed by atoms with E-state index in [1.165, 1.54) is 13.2 Å². The molecule has 17 heteroatoms. The van der Waals surface area contributed by atoms with Crippen LogP contribution in [0.2, 0.25) is 0 Å². The van der Waals surface area contributed by atoms with Crippen LogP contribution in [0.4, 0.5) is 21.6 Å². The monoisotopic (exact) mass is 857 g/mol. The first-order chi connectivity index (χ1) is 30.5. The van der Waals surface area contributed by atoms with Crippen LogP contribution in [0.5, 0.6) is 0 Å². The highest BCUT2D eigenvalue weighted by molar-refractivity contribution is 6.23. The topological polar surface area (TPSA) is 181 Å². The van der Waals surface area contributed by atoms with Crippen LogP contribution in [-0.2, 0) is 32.2 Å². The summed E-state index contributed by atoms with van der Waals surface area (Å²) in [6.07, 6.45) is 3.25. The van der Waals surface area contributed by atoms with Crippen LogP contribution >= 0.6 is 0 Å². The highest BCUT2D eigenvalue weighted by Gasteiger charge is 2.47. The number of ether oxygens (including phenoxy) is 1. The van der Waals surface area contributed by atoms with E-state index in [0.29, 0.717) is 42.6 Å². The van der Waals surface area contributed by atoms with Crippen molar-refractivity contribution in [2.45, 2.75) is 75.8 Å². The number of anilines is 3. The number of methoxy groups -OCH3 is 1. The zero-order chi connectivity index (χ0) is 43.5. The molecule has 5 saturated heterocycles. The van der Waals surface area contributed by atoms with Crippen LogP contribution in [-0.4, -0.2) is 118 Å². The molecule has 0 radical (unpaired) electrons. The highest BCUT2D eigenvalue weighted by atomic mass is 19.1. The maximum Gasteiger partial charge on any atom is 0.262 e. The quantitative estimate of drug-likeness (QED) is 0.196. The highest BCUT2D eigenvalue weighted by Crippen LogP contribution is 2.39. The van der Waals surface area contributed by atoms with E-state index in [1.807, 2.05) is 59.5 Å². The van der Waals surface area contributed by atoms with Crippen molar-refractivity contribution in [2.75, 3.05) is 55.0 Å². The molecule has 16 nitrogen and oxygen atoms in total. The Kier molecular flexibility index (Phi) is 10.5. The number of rotatable bonds is 10. The van der Waals surface area contributed by atoms with Gasteiger partial charge < -0.3 is 24.8 Å². The lowest BCUT2D eigenvalue weighted by atomic mass is 9.87. The number of hydrogen-bond acceptors (Lipinski definition) is 11. The van der Waals surface area contributed by atoms with Gasteiger partial charge in [-0.3, -0.25) is 49.0 Å². The Morgan fingerprint density at radius 2 is 1.62 bits per heavy atom. The fraction of sp³-hybridized carbons (Fsp3) is 0.413. The van der Waals surface area contributed by atoms with Gasteiger partial charge in [-0.15, -0.1) is 0 Å². The molecular formula is C46H48FN9O7. The van der Waals surface area contributed by atoms with Crippen LogP contribution in [0, 0.1) is 11.7 Å². The van der Waals surface area contributed by atoms with Crippen LogP contribution in [0.15, 0.2) is 66.7 Å². The average Bonchev–Trinajstić information content (AvgIpc) is 3.96. The fourth-order valence-electron chi connectivity index (χ4n) is 10.4. The van der Waals surface area contributed by atoms with E-state index < -0.39 is 41.6 Å². The summed E-state index contributed by atoms with van der Waals surface area (Å²) >= 11 is 0. The molecule has 11 rings (SSSR count). The molecule has 5 fully saturated rings. The number of H-pyrrole nitrogens is 1. The molecule has 326 valence electrons. The maximum absolute atomic E-state index is 15.8. The molecule has 7 aliphatic rings. The standard InChI is InChI=1S/C46H48FN9O7/c1-63-40(27-5-3-2-4-6-27)46(62)54-24-34-36(25-54)50-51-41(34)49-42(58)28-7-9-29(10-8-28)52-17-15-26(16-18-52)21-53-22-31-12-11-30(53)23-55(31)38-20-33-32(19-35(38)47)44(60)56(45(33)61)37-13-14-39(57)48-43(37)59/h2-10,19-20,26,30-31,37,40H,11-18,21-25H2,1H3,(H,48,57,59)(H2,49,50,51,58). The first-order valence-electron chi connectivity index (χ1n) is 21.7. The van der Waals surface area contributed by atoms with E-state index in [0.717, 1.165) is 85.3 Å². The largest absolute Gasteiger partial charge is 0.372 e. The first-order valence-corrected chi connectivity index (χ1v) is 21.7. The molecule has 0 aliphatic carbocycles. The Balaban J connectivity index is 0.712. The van der Waals surface area contributed by atoms with Gasteiger partial charge in [0.1, 0.15) is 11.9 Å². The number of piperazine rings is 1. The van der Waals surface area contributed by atoms with Crippen molar-refractivity contribution in [3.05, 3.63) is 106 Å². The van der Waals surface area contributed by atoms with Gasteiger partial charge >= 0.3 is 0 Å². The Morgan fingerprint density at radius 3 is 2.32 bits per heavy atom. The number of nitrogens with one attached hydrogen (secondary N) is 3. The molecule has 4 aromatic rings. The van der Waals surface area contributed by atoms with Gasteiger partial charge in [0.05, 0.1) is 35.6 Å². The number of aromatic amines is 1. The Hall–Kier alpha value is -6.46. The van der Waals surface area contributed by atoms with Crippen LogP contribution < -0.4 is 20.4 Å². The second kappa shape index (κ2) is 16.3.